The number of pyridine rings is 1. The first-order chi connectivity index (χ1) is 16.8. The van der Waals surface area contributed by atoms with Crippen molar-refractivity contribution in [2.45, 2.75) is 13.1 Å². The highest BCUT2D eigenvalue weighted by Gasteiger charge is 2.33. The quantitative estimate of drug-likeness (QED) is 0.346. The maximum atomic E-state index is 13.2. The number of hydrogen-bond donors (Lipinski definition) is 1. The number of aromatic nitrogens is 4. The minimum Gasteiger partial charge on any atom is -0.322 e. The van der Waals surface area contributed by atoms with Crippen LogP contribution in [0.4, 0.5) is 18.9 Å². The molecular weight excluding hydrogens is 455 g/mol. The molecule has 9 heteroatoms. The molecule has 0 saturated heterocycles. The summed E-state index contributed by atoms with van der Waals surface area (Å²) in [7, 11) is 0. The molecule has 35 heavy (non-hydrogen) atoms. The van der Waals surface area contributed by atoms with Gasteiger partial charge in [-0.15, -0.1) is 0 Å². The minimum absolute atomic E-state index is 0.0580. The predicted octanol–water partition coefficient (Wildman–Crippen LogP) is 6.04. The SMILES string of the molecule is Cc1ccc(C(=O)Nc2cccc(-c3ccnc4c(-c5cccnc5)cnn34)c2)cc1C(F)(F)F. The molecule has 1 amide bonds. The largest absolute Gasteiger partial charge is 0.416 e. The summed E-state index contributed by atoms with van der Waals surface area (Å²) in [5.41, 5.74) is 3.41. The fourth-order valence-corrected chi connectivity index (χ4v) is 3.86. The Balaban J connectivity index is 1.46. The van der Waals surface area contributed by atoms with Gasteiger partial charge >= 0.3 is 6.18 Å². The number of fused-ring (bicyclic) bond motifs is 1. The van der Waals surface area contributed by atoms with E-state index in [4.69, 9.17) is 0 Å². The molecule has 0 radical (unpaired) electrons. The summed E-state index contributed by atoms with van der Waals surface area (Å²) >= 11 is 0. The standard InChI is InChI=1S/C26H18F3N5O/c1-16-7-8-18(13-22(16)26(27,28)29)25(35)33-20-6-2-4-17(12-20)23-9-11-31-24-21(15-32-34(23)24)19-5-3-10-30-14-19/h2-15H,1H3,(H,33,35). The van der Waals surface area contributed by atoms with Crippen LogP contribution in [0.3, 0.4) is 0 Å². The van der Waals surface area contributed by atoms with E-state index in [0.29, 0.717) is 11.3 Å². The summed E-state index contributed by atoms with van der Waals surface area (Å²) in [5, 5.41) is 7.17. The number of alkyl halides is 3. The molecule has 0 saturated carbocycles. The summed E-state index contributed by atoms with van der Waals surface area (Å²) < 4.78 is 41.4. The Hall–Kier alpha value is -4.53. The van der Waals surface area contributed by atoms with Gasteiger partial charge in [0.25, 0.3) is 5.91 Å². The van der Waals surface area contributed by atoms with Crippen LogP contribution in [0.2, 0.25) is 0 Å². The Kier molecular flexibility index (Phi) is 5.52. The highest BCUT2D eigenvalue weighted by Crippen LogP contribution is 2.33. The van der Waals surface area contributed by atoms with E-state index in [9.17, 15) is 18.0 Å². The lowest BCUT2D eigenvalue weighted by Crippen LogP contribution is -2.15. The van der Waals surface area contributed by atoms with E-state index >= 15 is 0 Å². The molecule has 0 bridgehead atoms. The third-order valence-electron chi connectivity index (χ3n) is 5.60. The topological polar surface area (TPSA) is 72.2 Å². The average Bonchev–Trinajstić information content (AvgIpc) is 3.28. The summed E-state index contributed by atoms with van der Waals surface area (Å²) in [6, 6.07) is 16.1. The molecular formula is C26H18F3N5O. The zero-order valence-electron chi connectivity index (χ0n) is 18.4. The number of amides is 1. The summed E-state index contributed by atoms with van der Waals surface area (Å²) in [5.74, 6) is -0.634. The van der Waals surface area contributed by atoms with Crippen LogP contribution in [-0.4, -0.2) is 25.5 Å². The summed E-state index contributed by atoms with van der Waals surface area (Å²) in [4.78, 5) is 21.3. The summed E-state index contributed by atoms with van der Waals surface area (Å²) in [6.45, 7) is 1.36. The average molecular weight is 473 g/mol. The molecule has 0 atom stereocenters. The second-order valence-corrected chi connectivity index (χ2v) is 7.93. The van der Waals surface area contributed by atoms with Gasteiger partial charge in [-0.2, -0.15) is 18.3 Å². The smallest absolute Gasteiger partial charge is 0.322 e. The van der Waals surface area contributed by atoms with E-state index in [-0.39, 0.29) is 11.1 Å². The lowest BCUT2D eigenvalue weighted by atomic mass is 10.0. The highest BCUT2D eigenvalue weighted by atomic mass is 19.4. The van der Waals surface area contributed by atoms with Crippen molar-refractivity contribution in [2.24, 2.45) is 0 Å². The Labute approximate surface area is 198 Å². The van der Waals surface area contributed by atoms with Crippen LogP contribution in [0.1, 0.15) is 21.5 Å². The first kappa shape index (κ1) is 22.3. The zero-order valence-corrected chi connectivity index (χ0v) is 18.4. The van der Waals surface area contributed by atoms with Gasteiger partial charge in [0.05, 0.1) is 17.5 Å². The Morgan fingerprint density at radius 1 is 0.943 bits per heavy atom. The fraction of sp³-hybridized carbons (Fsp3) is 0.0769. The Morgan fingerprint density at radius 2 is 1.77 bits per heavy atom. The number of carbonyl (C=O) groups excluding carboxylic acids is 1. The van der Waals surface area contributed by atoms with E-state index in [1.807, 2.05) is 18.2 Å². The number of nitrogens with one attached hydrogen (secondary N) is 1. The van der Waals surface area contributed by atoms with Crippen molar-refractivity contribution >= 4 is 17.2 Å². The molecule has 3 aromatic heterocycles. The molecule has 0 unspecified atom stereocenters. The van der Waals surface area contributed by atoms with Gasteiger partial charge in [0.1, 0.15) is 0 Å². The van der Waals surface area contributed by atoms with Gasteiger partial charge in [-0.25, -0.2) is 9.50 Å². The van der Waals surface area contributed by atoms with E-state index in [0.717, 1.165) is 28.5 Å². The lowest BCUT2D eigenvalue weighted by Gasteiger charge is -2.13. The van der Waals surface area contributed by atoms with E-state index in [2.05, 4.69) is 20.4 Å². The van der Waals surface area contributed by atoms with Crippen LogP contribution < -0.4 is 5.32 Å². The number of benzene rings is 2. The van der Waals surface area contributed by atoms with Crippen molar-refractivity contribution in [3.05, 3.63) is 102 Å². The van der Waals surface area contributed by atoms with Gasteiger partial charge in [0, 0.05) is 46.5 Å². The van der Waals surface area contributed by atoms with Gasteiger partial charge < -0.3 is 5.32 Å². The number of carbonyl (C=O) groups is 1. The second kappa shape index (κ2) is 8.68. The second-order valence-electron chi connectivity index (χ2n) is 7.93. The predicted molar refractivity (Wildman–Crippen MR) is 126 cm³/mol. The third-order valence-corrected chi connectivity index (χ3v) is 5.60. The first-order valence-corrected chi connectivity index (χ1v) is 10.6. The van der Waals surface area contributed by atoms with Crippen LogP contribution in [0, 0.1) is 6.92 Å². The molecule has 0 aliphatic heterocycles. The van der Waals surface area contributed by atoms with Crippen molar-refractivity contribution in [2.75, 3.05) is 5.32 Å². The monoisotopic (exact) mass is 473 g/mol. The maximum Gasteiger partial charge on any atom is 0.416 e. The van der Waals surface area contributed by atoms with Crippen molar-refractivity contribution in [3.8, 4) is 22.4 Å². The molecule has 0 fully saturated rings. The van der Waals surface area contributed by atoms with Crippen LogP contribution >= 0.6 is 0 Å². The van der Waals surface area contributed by atoms with E-state index < -0.39 is 17.6 Å². The van der Waals surface area contributed by atoms with Crippen LogP contribution in [0.25, 0.3) is 28.0 Å². The molecule has 0 aliphatic carbocycles. The molecule has 2 aromatic carbocycles. The van der Waals surface area contributed by atoms with Crippen LogP contribution in [-0.2, 0) is 6.18 Å². The highest BCUT2D eigenvalue weighted by molar-refractivity contribution is 6.04. The third kappa shape index (κ3) is 4.35. The molecule has 174 valence electrons. The Morgan fingerprint density at radius 3 is 2.54 bits per heavy atom. The Bertz CT molecular complexity index is 1540. The molecule has 0 aliphatic rings. The number of aryl methyl sites for hydroxylation is 1. The number of hydrogen-bond acceptors (Lipinski definition) is 4. The molecule has 3 heterocycles. The lowest BCUT2D eigenvalue weighted by molar-refractivity contribution is -0.138. The minimum atomic E-state index is -4.54. The van der Waals surface area contributed by atoms with E-state index in [1.54, 1.807) is 53.6 Å². The van der Waals surface area contributed by atoms with Crippen molar-refractivity contribution in [1.82, 2.24) is 19.6 Å². The first-order valence-electron chi connectivity index (χ1n) is 10.6. The zero-order chi connectivity index (χ0) is 24.6. The normalized spacial score (nSPS) is 11.5. The van der Waals surface area contributed by atoms with Gasteiger partial charge in [0.2, 0.25) is 0 Å². The molecule has 1 N–H and O–H groups in total. The van der Waals surface area contributed by atoms with Crippen molar-refractivity contribution < 1.29 is 18.0 Å². The number of nitrogens with zero attached hydrogens (tertiary/aromatic N) is 4. The van der Waals surface area contributed by atoms with Gasteiger partial charge in [-0.1, -0.05) is 24.3 Å². The van der Waals surface area contributed by atoms with Crippen LogP contribution in [0.15, 0.2) is 85.5 Å². The molecule has 5 rings (SSSR count). The van der Waals surface area contributed by atoms with Crippen molar-refractivity contribution in [1.29, 1.82) is 0 Å². The fourth-order valence-electron chi connectivity index (χ4n) is 3.86. The van der Waals surface area contributed by atoms with Gasteiger partial charge in [0.15, 0.2) is 5.65 Å². The van der Waals surface area contributed by atoms with Crippen molar-refractivity contribution in [3.63, 3.8) is 0 Å². The molecule has 5 aromatic rings. The van der Waals surface area contributed by atoms with E-state index in [1.165, 1.54) is 19.1 Å². The number of anilines is 1. The summed E-state index contributed by atoms with van der Waals surface area (Å²) in [6.07, 6.45) is 2.27. The number of rotatable bonds is 4. The maximum absolute atomic E-state index is 13.2. The van der Waals surface area contributed by atoms with Gasteiger partial charge in [-0.3, -0.25) is 9.78 Å². The molecule has 6 nitrogen and oxygen atoms in total. The van der Waals surface area contributed by atoms with Crippen LogP contribution in [0.5, 0.6) is 0 Å². The van der Waals surface area contributed by atoms with Gasteiger partial charge in [-0.05, 0) is 48.9 Å². The molecule has 0 spiro atoms. The number of halogens is 3.